The fourth-order valence-corrected chi connectivity index (χ4v) is 0.572. The molecule has 1 atom stereocenters. The smallest absolute Gasteiger partial charge is 0.220 e. The third kappa shape index (κ3) is 13.1. The molecule has 0 aromatic rings. The molecule has 15 heavy (non-hydrogen) atoms. The van der Waals surface area contributed by atoms with E-state index in [0.717, 1.165) is 0 Å². The first-order chi connectivity index (χ1) is 7.11. The molecule has 0 spiro atoms. The molecule has 4 heteroatoms. The minimum atomic E-state index is -0.734. The molecule has 2 N–H and O–H groups in total. The normalized spacial score (nSPS) is 9.80. The first-order valence-electron chi connectivity index (χ1n) is 5.52. The fraction of sp³-hybridized carbons (Fsp3) is 0.818. The van der Waals surface area contributed by atoms with Gasteiger partial charge in [0, 0.05) is 6.42 Å². The minimum Gasteiger partial charge on any atom is -0.394 e. The zero-order valence-corrected chi connectivity index (χ0v) is 10.8. The Hall–Kier alpha value is -0.900. The van der Waals surface area contributed by atoms with Gasteiger partial charge in [0.1, 0.15) is 6.04 Å². The van der Waals surface area contributed by atoms with Crippen LogP contribution in [-0.4, -0.2) is 29.4 Å². The van der Waals surface area contributed by atoms with Gasteiger partial charge in [0.2, 0.25) is 5.91 Å². The van der Waals surface area contributed by atoms with Crippen molar-refractivity contribution in [3.8, 4) is 0 Å². The summed E-state index contributed by atoms with van der Waals surface area (Å²) in [5, 5.41) is 11.0. The van der Waals surface area contributed by atoms with Gasteiger partial charge in [-0.1, -0.05) is 34.6 Å². The Bertz CT molecular complexity index is 158. The van der Waals surface area contributed by atoms with Crippen molar-refractivity contribution in [2.24, 2.45) is 0 Å². The molecule has 0 aliphatic carbocycles. The molecule has 0 rings (SSSR count). The van der Waals surface area contributed by atoms with Gasteiger partial charge in [0.15, 0.2) is 5.78 Å². The Kier molecular flexibility index (Phi) is 20.4. The maximum atomic E-state index is 10.7. The summed E-state index contributed by atoms with van der Waals surface area (Å²) in [6.07, 6.45) is 0.323. The van der Waals surface area contributed by atoms with Crippen LogP contribution in [0.1, 0.15) is 48.0 Å². The number of ketones is 1. The Morgan fingerprint density at radius 1 is 1.20 bits per heavy atom. The third-order valence-corrected chi connectivity index (χ3v) is 1.33. The molecule has 0 unspecified atom stereocenters. The van der Waals surface area contributed by atoms with E-state index >= 15 is 0 Å². The van der Waals surface area contributed by atoms with E-state index in [2.05, 4.69) is 5.32 Å². The predicted molar refractivity (Wildman–Crippen MR) is 62.7 cm³/mol. The Morgan fingerprint density at radius 3 is 1.80 bits per heavy atom. The zero-order chi connectivity index (χ0) is 12.9. The van der Waals surface area contributed by atoms with E-state index in [9.17, 15) is 9.59 Å². The van der Waals surface area contributed by atoms with Crippen LogP contribution in [0, 0.1) is 0 Å². The lowest BCUT2D eigenvalue weighted by molar-refractivity contribution is -0.127. The molecular weight excluding hydrogens is 194 g/mol. The third-order valence-electron chi connectivity index (χ3n) is 1.33. The molecule has 4 nitrogen and oxygen atoms in total. The SMILES string of the molecule is CC.CC.CCC(=O)N[C@@H](CO)C(C)=O. The van der Waals surface area contributed by atoms with Crippen LogP contribution in [0.4, 0.5) is 0 Å². The lowest BCUT2D eigenvalue weighted by Crippen LogP contribution is -2.41. The van der Waals surface area contributed by atoms with Crippen LogP contribution in [0.5, 0.6) is 0 Å². The number of carbonyl (C=O) groups is 2. The van der Waals surface area contributed by atoms with Crippen LogP contribution >= 0.6 is 0 Å². The highest BCUT2D eigenvalue weighted by Crippen LogP contribution is 1.86. The summed E-state index contributed by atoms with van der Waals surface area (Å²) in [5.74, 6) is -0.450. The van der Waals surface area contributed by atoms with Crippen LogP contribution in [-0.2, 0) is 9.59 Å². The second-order valence-electron chi connectivity index (χ2n) is 2.27. The topological polar surface area (TPSA) is 66.4 Å². The Labute approximate surface area is 93.1 Å². The number of amides is 1. The highest BCUT2D eigenvalue weighted by atomic mass is 16.3. The molecule has 0 aliphatic heterocycles. The summed E-state index contributed by atoms with van der Waals surface area (Å²) >= 11 is 0. The molecule has 1 amide bonds. The summed E-state index contributed by atoms with van der Waals surface area (Å²) in [6.45, 7) is 10.7. The van der Waals surface area contributed by atoms with E-state index in [0.29, 0.717) is 6.42 Å². The highest BCUT2D eigenvalue weighted by Gasteiger charge is 2.13. The van der Waals surface area contributed by atoms with Crippen molar-refractivity contribution < 1.29 is 14.7 Å². The van der Waals surface area contributed by atoms with Gasteiger partial charge in [-0.25, -0.2) is 0 Å². The van der Waals surface area contributed by atoms with Gasteiger partial charge in [0.05, 0.1) is 6.61 Å². The van der Waals surface area contributed by atoms with E-state index < -0.39 is 6.04 Å². The van der Waals surface area contributed by atoms with E-state index in [1.54, 1.807) is 6.92 Å². The van der Waals surface area contributed by atoms with Crippen LogP contribution in [0.2, 0.25) is 0 Å². The van der Waals surface area contributed by atoms with Crippen molar-refractivity contribution in [2.75, 3.05) is 6.61 Å². The van der Waals surface area contributed by atoms with Crippen LogP contribution < -0.4 is 5.32 Å². The largest absolute Gasteiger partial charge is 0.394 e. The molecule has 0 fully saturated rings. The van der Waals surface area contributed by atoms with Crippen LogP contribution in [0.3, 0.4) is 0 Å². The molecular formula is C11H25NO3. The summed E-state index contributed by atoms with van der Waals surface area (Å²) in [4.78, 5) is 21.4. The molecule has 0 aromatic heterocycles. The van der Waals surface area contributed by atoms with Gasteiger partial charge in [-0.05, 0) is 6.92 Å². The van der Waals surface area contributed by atoms with Gasteiger partial charge in [-0.15, -0.1) is 0 Å². The van der Waals surface area contributed by atoms with Crippen LogP contribution in [0.15, 0.2) is 0 Å². The van der Waals surface area contributed by atoms with Crippen molar-refractivity contribution in [3.63, 3.8) is 0 Å². The fourth-order valence-electron chi connectivity index (χ4n) is 0.572. The van der Waals surface area contributed by atoms with Crippen molar-refractivity contribution >= 4 is 11.7 Å². The molecule has 0 bridgehead atoms. The molecule has 92 valence electrons. The standard InChI is InChI=1S/C7H13NO3.2C2H6/c1-3-7(11)8-6(4-9)5(2)10;2*1-2/h6,9H,3-4H2,1-2H3,(H,8,11);2*1-2H3/t6-;;/m0../s1. The lowest BCUT2D eigenvalue weighted by atomic mass is 10.2. The number of hydrogen-bond acceptors (Lipinski definition) is 3. The number of carbonyl (C=O) groups excluding carboxylic acids is 2. The van der Waals surface area contributed by atoms with E-state index in [-0.39, 0.29) is 18.3 Å². The molecule has 0 saturated carbocycles. The number of Topliss-reactive ketones (excluding diaryl/α,β-unsaturated/α-hetero) is 1. The quantitative estimate of drug-likeness (QED) is 0.753. The second kappa shape index (κ2) is 15.6. The number of aliphatic hydroxyl groups is 1. The molecule has 0 heterocycles. The predicted octanol–water partition coefficient (Wildman–Crippen LogP) is 1.51. The molecule has 0 aromatic carbocycles. The van der Waals surface area contributed by atoms with Gasteiger partial charge in [-0.2, -0.15) is 0 Å². The summed E-state index contributed by atoms with van der Waals surface area (Å²) in [5.41, 5.74) is 0. The van der Waals surface area contributed by atoms with Crippen molar-refractivity contribution in [3.05, 3.63) is 0 Å². The lowest BCUT2D eigenvalue weighted by Gasteiger charge is -2.11. The van der Waals surface area contributed by atoms with Gasteiger partial charge in [-0.3, -0.25) is 9.59 Å². The van der Waals surface area contributed by atoms with E-state index in [4.69, 9.17) is 5.11 Å². The Morgan fingerprint density at radius 2 is 1.60 bits per heavy atom. The number of hydrogen-bond donors (Lipinski definition) is 2. The zero-order valence-electron chi connectivity index (χ0n) is 10.8. The van der Waals surface area contributed by atoms with Gasteiger partial charge >= 0.3 is 0 Å². The monoisotopic (exact) mass is 219 g/mol. The Balaban J connectivity index is -0.000000318. The average molecular weight is 219 g/mol. The van der Waals surface area contributed by atoms with Crippen LogP contribution in [0.25, 0.3) is 0 Å². The summed E-state index contributed by atoms with van der Waals surface area (Å²) in [6, 6.07) is -0.734. The van der Waals surface area contributed by atoms with E-state index in [1.807, 2.05) is 27.7 Å². The van der Waals surface area contributed by atoms with E-state index in [1.165, 1.54) is 6.92 Å². The van der Waals surface area contributed by atoms with Crippen molar-refractivity contribution in [1.82, 2.24) is 5.32 Å². The first kappa shape index (κ1) is 19.6. The first-order valence-corrected chi connectivity index (χ1v) is 5.52. The van der Waals surface area contributed by atoms with Gasteiger partial charge < -0.3 is 10.4 Å². The maximum absolute atomic E-state index is 10.7. The van der Waals surface area contributed by atoms with Crippen molar-refractivity contribution in [2.45, 2.75) is 54.0 Å². The van der Waals surface area contributed by atoms with Crippen molar-refractivity contribution in [1.29, 1.82) is 0 Å². The highest BCUT2D eigenvalue weighted by molar-refractivity contribution is 5.87. The molecule has 0 saturated heterocycles. The second-order valence-corrected chi connectivity index (χ2v) is 2.27. The summed E-state index contributed by atoms with van der Waals surface area (Å²) < 4.78 is 0. The number of rotatable bonds is 4. The van der Waals surface area contributed by atoms with Gasteiger partial charge in [0.25, 0.3) is 0 Å². The summed E-state index contributed by atoms with van der Waals surface area (Å²) in [7, 11) is 0. The minimum absolute atomic E-state index is 0.223. The molecule has 0 radical (unpaired) electrons. The number of aliphatic hydroxyl groups excluding tert-OH is 1. The average Bonchev–Trinajstić information content (AvgIpc) is 2.30. The number of nitrogens with one attached hydrogen (secondary N) is 1. The molecule has 0 aliphatic rings. The maximum Gasteiger partial charge on any atom is 0.220 e.